The molecular formula is C10H19N5. The molecule has 5 heteroatoms. The van der Waals surface area contributed by atoms with Crippen molar-refractivity contribution in [3.05, 3.63) is 11.8 Å². The summed E-state index contributed by atoms with van der Waals surface area (Å²) in [6.45, 7) is 6.32. The molecule has 0 amide bonds. The first kappa shape index (κ1) is 11.7. The van der Waals surface area contributed by atoms with Crippen LogP contribution in [0.25, 0.3) is 0 Å². The van der Waals surface area contributed by atoms with Crippen LogP contribution >= 0.6 is 0 Å². The maximum atomic E-state index is 5.37. The standard InChI is InChI=1S/C10H19N5/c1-10(2,3)7-6-8(14-11)13-9(12-7)15(4)5/h6H,11H2,1-5H3,(H,12,13,14). The third kappa shape index (κ3) is 2.79. The highest BCUT2D eigenvalue weighted by atomic mass is 15.3. The maximum absolute atomic E-state index is 5.37. The van der Waals surface area contributed by atoms with Gasteiger partial charge in [0, 0.05) is 25.6 Å². The Kier molecular flexibility index (Phi) is 3.14. The molecule has 0 bridgehead atoms. The first-order chi connectivity index (χ1) is 6.84. The van der Waals surface area contributed by atoms with Crippen molar-refractivity contribution in [3.8, 4) is 0 Å². The molecular weight excluding hydrogens is 190 g/mol. The van der Waals surface area contributed by atoms with Gasteiger partial charge in [-0.25, -0.2) is 10.8 Å². The van der Waals surface area contributed by atoms with E-state index in [0.29, 0.717) is 11.8 Å². The molecule has 1 heterocycles. The van der Waals surface area contributed by atoms with Gasteiger partial charge in [-0.15, -0.1) is 0 Å². The third-order valence-electron chi connectivity index (χ3n) is 2.03. The fraction of sp³-hybridized carbons (Fsp3) is 0.600. The molecule has 0 saturated carbocycles. The number of nitrogen functional groups attached to an aromatic ring is 1. The van der Waals surface area contributed by atoms with Gasteiger partial charge in [0.2, 0.25) is 5.95 Å². The van der Waals surface area contributed by atoms with Gasteiger partial charge in [-0.2, -0.15) is 4.98 Å². The zero-order chi connectivity index (χ0) is 11.6. The number of hydrogen-bond donors (Lipinski definition) is 2. The number of hydrogen-bond acceptors (Lipinski definition) is 5. The predicted molar refractivity (Wildman–Crippen MR) is 62.9 cm³/mol. The second kappa shape index (κ2) is 4.02. The fourth-order valence-electron chi connectivity index (χ4n) is 1.09. The summed E-state index contributed by atoms with van der Waals surface area (Å²) in [7, 11) is 3.81. The van der Waals surface area contributed by atoms with E-state index in [-0.39, 0.29) is 5.41 Å². The molecule has 15 heavy (non-hydrogen) atoms. The summed E-state index contributed by atoms with van der Waals surface area (Å²) in [5.74, 6) is 6.67. The van der Waals surface area contributed by atoms with Crippen LogP contribution in [-0.4, -0.2) is 24.1 Å². The zero-order valence-electron chi connectivity index (χ0n) is 10.00. The molecule has 1 aromatic heterocycles. The Morgan fingerprint density at radius 3 is 2.27 bits per heavy atom. The molecule has 5 nitrogen and oxygen atoms in total. The van der Waals surface area contributed by atoms with Crippen molar-refractivity contribution in [2.24, 2.45) is 5.84 Å². The molecule has 1 rings (SSSR count). The lowest BCUT2D eigenvalue weighted by Crippen LogP contribution is -2.21. The van der Waals surface area contributed by atoms with Crippen molar-refractivity contribution in [1.29, 1.82) is 0 Å². The van der Waals surface area contributed by atoms with Crippen molar-refractivity contribution < 1.29 is 0 Å². The summed E-state index contributed by atoms with van der Waals surface area (Å²) in [4.78, 5) is 10.6. The fourth-order valence-corrected chi connectivity index (χ4v) is 1.09. The molecule has 0 unspecified atom stereocenters. The van der Waals surface area contributed by atoms with E-state index >= 15 is 0 Å². The molecule has 0 atom stereocenters. The van der Waals surface area contributed by atoms with Crippen LogP contribution in [-0.2, 0) is 5.41 Å². The van der Waals surface area contributed by atoms with Gasteiger partial charge in [-0.3, -0.25) is 0 Å². The average Bonchev–Trinajstić information content (AvgIpc) is 2.15. The van der Waals surface area contributed by atoms with Gasteiger partial charge in [0.25, 0.3) is 0 Å². The maximum Gasteiger partial charge on any atom is 0.227 e. The van der Waals surface area contributed by atoms with Crippen LogP contribution in [0.4, 0.5) is 11.8 Å². The quantitative estimate of drug-likeness (QED) is 0.564. The highest BCUT2D eigenvalue weighted by Gasteiger charge is 2.18. The second-order valence-electron chi connectivity index (χ2n) is 4.73. The minimum Gasteiger partial charge on any atom is -0.347 e. The van der Waals surface area contributed by atoms with Crippen molar-refractivity contribution >= 4 is 11.8 Å². The minimum atomic E-state index is -0.0146. The van der Waals surface area contributed by atoms with Gasteiger partial charge < -0.3 is 10.3 Å². The lowest BCUT2D eigenvalue weighted by Gasteiger charge is -2.21. The summed E-state index contributed by atoms with van der Waals surface area (Å²) in [5, 5.41) is 0. The van der Waals surface area contributed by atoms with Crippen LogP contribution in [0.5, 0.6) is 0 Å². The molecule has 0 aliphatic carbocycles. The summed E-state index contributed by atoms with van der Waals surface area (Å²) in [6.07, 6.45) is 0. The van der Waals surface area contributed by atoms with Gasteiger partial charge in [-0.05, 0) is 0 Å². The van der Waals surface area contributed by atoms with E-state index in [2.05, 4.69) is 36.2 Å². The second-order valence-corrected chi connectivity index (χ2v) is 4.73. The van der Waals surface area contributed by atoms with Crippen LogP contribution in [0.15, 0.2) is 6.07 Å². The Labute approximate surface area is 90.7 Å². The Hall–Kier alpha value is -1.36. The number of nitrogens with one attached hydrogen (secondary N) is 1. The van der Waals surface area contributed by atoms with E-state index in [4.69, 9.17) is 5.84 Å². The van der Waals surface area contributed by atoms with Crippen LogP contribution < -0.4 is 16.2 Å². The van der Waals surface area contributed by atoms with Crippen LogP contribution in [0, 0.1) is 0 Å². The van der Waals surface area contributed by atoms with E-state index in [0.717, 1.165) is 5.69 Å². The third-order valence-corrected chi connectivity index (χ3v) is 2.03. The van der Waals surface area contributed by atoms with Gasteiger partial charge in [0.05, 0.1) is 5.69 Å². The summed E-state index contributed by atoms with van der Waals surface area (Å²) < 4.78 is 0. The van der Waals surface area contributed by atoms with Crippen molar-refractivity contribution in [1.82, 2.24) is 9.97 Å². The lowest BCUT2D eigenvalue weighted by molar-refractivity contribution is 0.567. The lowest BCUT2D eigenvalue weighted by atomic mass is 9.92. The molecule has 0 saturated heterocycles. The van der Waals surface area contributed by atoms with Gasteiger partial charge in [0.1, 0.15) is 5.82 Å². The predicted octanol–water partition coefficient (Wildman–Crippen LogP) is 1.13. The smallest absolute Gasteiger partial charge is 0.227 e. The number of hydrazine groups is 1. The summed E-state index contributed by atoms with van der Waals surface area (Å²) in [5.41, 5.74) is 3.51. The molecule has 3 N–H and O–H groups in total. The van der Waals surface area contributed by atoms with Crippen LogP contribution in [0.1, 0.15) is 26.5 Å². The van der Waals surface area contributed by atoms with Gasteiger partial charge in [0.15, 0.2) is 0 Å². The first-order valence-electron chi connectivity index (χ1n) is 4.88. The van der Waals surface area contributed by atoms with Crippen LogP contribution in [0.2, 0.25) is 0 Å². The van der Waals surface area contributed by atoms with Gasteiger partial charge >= 0.3 is 0 Å². The molecule has 84 valence electrons. The van der Waals surface area contributed by atoms with E-state index in [9.17, 15) is 0 Å². The van der Waals surface area contributed by atoms with Gasteiger partial charge in [-0.1, -0.05) is 20.8 Å². The zero-order valence-corrected chi connectivity index (χ0v) is 10.00. The van der Waals surface area contributed by atoms with Crippen molar-refractivity contribution in [3.63, 3.8) is 0 Å². The molecule has 0 radical (unpaired) electrons. The number of nitrogens with two attached hydrogens (primary N) is 1. The number of rotatable bonds is 2. The number of nitrogens with zero attached hydrogens (tertiary/aromatic N) is 3. The molecule has 0 spiro atoms. The van der Waals surface area contributed by atoms with E-state index in [1.54, 1.807) is 0 Å². The Morgan fingerprint density at radius 1 is 1.27 bits per heavy atom. The summed E-state index contributed by atoms with van der Waals surface area (Å²) >= 11 is 0. The number of aromatic nitrogens is 2. The topological polar surface area (TPSA) is 67.1 Å². The van der Waals surface area contributed by atoms with Crippen molar-refractivity contribution in [2.75, 3.05) is 24.4 Å². The molecule has 0 fully saturated rings. The highest BCUT2D eigenvalue weighted by Crippen LogP contribution is 2.23. The average molecular weight is 209 g/mol. The Bertz CT molecular complexity index is 340. The summed E-state index contributed by atoms with van der Waals surface area (Å²) in [6, 6.07) is 1.87. The molecule has 0 aliphatic heterocycles. The largest absolute Gasteiger partial charge is 0.347 e. The Balaban J connectivity index is 3.23. The van der Waals surface area contributed by atoms with Crippen LogP contribution in [0.3, 0.4) is 0 Å². The molecule has 0 aromatic carbocycles. The van der Waals surface area contributed by atoms with E-state index < -0.39 is 0 Å². The van der Waals surface area contributed by atoms with Crippen molar-refractivity contribution in [2.45, 2.75) is 26.2 Å². The highest BCUT2D eigenvalue weighted by molar-refractivity contribution is 5.43. The monoisotopic (exact) mass is 209 g/mol. The normalized spacial score (nSPS) is 11.3. The molecule has 0 aliphatic rings. The van der Waals surface area contributed by atoms with E-state index in [1.165, 1.54) is 0 Å². The number of anilines is 2. The molecule has 1 aromatic rings. The van der Waals surface area contributed by atoms with E-state index in [1.807, 2.05) is 25.1 Å². The first-order valence-corrected chi connectivity index (χ1v) is 4.88. The Morgan fingerprint density at radius 2 is 1.87 bits per heavy atom. The SMILES string of the molecule is CN(C)c1nc(NN)cc(C(C)(C)C)n1. The minimum absolute atomic E-state index is 0.0146.